The van der Waals surface area contributed by atoms with Gasteiger partial charge < -0.3 is 10.6 Å². The molecule has 2 N–H and O–H groups in total. The molecule has 1 aromatic rings. The maximum atomic E-state index is 12.5. The number of nitrogens with two attached hydrogens (primary N) is 1. The van der Waals surface area contributed by atoms with Gasteiger partial charge in [0.15, 0.2) is 0 Å². The minimum atomic E-state index is -4.37. The molecular weight excluding hydrogens is 255 g/mol. The lowest BCUT2D eigenvalue weighted by Crippen LogP contribution is -2.47. The zero-order valence-electron chi connectivity index (χ0n) is 10.4. The van der Waals surface area contributed by atoms with Crippen molar-refractivity contribution in [3.63, 3.8) is 0 Å². The normalized spacial score (nSPS) is 30.7. The molecular formula is C13H16F3N3. The van der Waals surface area contributed by atoms with Crippen molar-refractivity contribution in [2.45, 2.75) is 50.0 Å². The highest BCUT2D eigenvalue weighted by Crippen LogP contribution is 2.39. The molecule has 2 aliphatic rings. The van der Waals surface area contributed by atoms with E-state index in [1.54, 1.807) is 0 Å². The summed E-state index contributed by atoms with van der Waals surface area (Å²) in [4.78, 5) is 5.75. The maximum absolute atomic E-state index is 12.5. The van der Waals surface area contributed by atoms with Crippen LogP contribution in [0.15, 0.2) is 18.3 Å². The van der Waals surface area contributed by atoms with Crippen LogP contribution in [0.5, 0.6) is 0 Å². The van der Waals surface area contributed by atoms with Crippen LogP contribution in [0.1, 0.15) is 31.4 Å². The number of pyridine rings is 1. The first-order chi connectivity index (χ1) is 8.95. The quantitative estimate of drug-likeness (QED) is 0.853. The molecule has 2 unspecified atom stereocenters. The Morgan fingerprint density at radius 2 is 1.79 bits per heavy atom. The van der Waals surface area contributed by atoms with E-state index in [0.717, 1.165) is 37.4 Å². The Labute approximate surface area is 109 Å². The molecule has 0 aliphatic carbocycles. The molecule has 2 fully saturated rings. The first-order valence-electron chi connectivity index (χ1n) is 6.52. The molecule has 2 atom stereocenters. The monoisotopic (exact) mass is 271 g/mol. The fourth-order valence-corrected chi connectivity index (χ4v) is 3.35. The Morgan fingerprint density at radius 3 is 2.26 bits per heavy atom. The summed E-state index contributed by atoms with van der Waals surface area (Å²) in [5.74, 6) is 0. The first-order valence-corrected chi connectivity index (χ1v) is 6.52. The van der Waals surface area contributed by atoms with Crippen LogP contribution in [0.25, 0.3) is 0 Å². The fraction of sp³-hybridized carbons (Fsp3) is 0.615. The largest absolute Gasteiger partial charge is 0.433 e. The second-order valence-corrected chi connectivity index (χ2v) is 5.42. The van der Waals surface area contributed by atoms with Crippen molar-refractivity contribution in [2.75, 3.05) is 4.90 Å². The Kier molecular flexibility index (Phi) is 2.92. The number of anilines is 1. The van der Waals surface area contributed by atoms with Gasteiger partial charge in [-0.3, -0.25) is 0 Å². The SMILES string of the molecule is NC1CC2CCC(C1)N2c1ccc(C(F)(F)F)nc1. The van der Waals surface area contributed by atoms with Gasteiger partial charge in [-0.15, -0.1) is 0 Å². The van der Waals surface area contributed by atoms with E-state index in [4.69, 9.17) is 5.73 Å². The molecule has 3 heterocycles. The van der Waals surface area contributed by atoms with E-state index in [1.807, 2.05) is 0 Å². The number of halogens is 3. The lowest BCUT2D eigenvalue weighted by molar-refractivity contribution is -0.141. The molecule has 2 aliphatic heterocycles. The highest BCUT2D eigenvalue weighted by atomic mass is 19.4. The van der Waals surface area contributed by atoms with Gasteiger partial charge in [-0.2, -0.15) is 13.2 Å². The van der Waals surface area contributed by atoms with Crippen LogP contribution in [-0.2, 0) is 6.18 Å². The summed E-state index contributed by atoms with van der Waals surface area (Å²) in [6.07, 6.45) is 0.931. The van der Waals surface area contributed by atoms with Gasteiger partial charge in [-0.25, -0.2) is 4.98 Å². The summed E-state index contributed by atoms with van der Waals surface area (Å²) in [7, 11) is 0. The summed E-state index contributed by atoms with van der Waals surface area (Å²) in [6, 6.07) is 3.51. The molecule has 0 amide bonds. The Hall–Kier alpha value is -1.30. The van der Waals surface area contributed by atoms with Crippen LogP contribution < -0.4 is 10.6 Å². The predicted octanol–water partition coefficient (Wildman–Crippen LogP) is 2.56. The van der Waals surface area contributed by atoms with Crippen molar-refractivity contribution in [1.29, 1.82) is 0 Å². The van der Waals surface area contributed by atoms with Gasteiger partial charge in [0.05, 0.1) is 11.9 Å². The van der Waals surface area contributed by atoms with Gasteiger partial charge in [-0.1, -0.05) is 0 Å². The average Bonchev–Trinajstić information content (AvgIpc) is 2.61. The third-order valence-electron chi connectivity index (χ3n) is 4.11. The van der Waals surface area contributed by atoms with Crippen molar-refractivity contribution < 1.29 is 13.2 Å². The van der Waals surface area contributed by atoms with Crippen LogP contribution in [0.4, 0.5) is 18.9 Å². The number of aromatic nitrogens is 1. The molecule has 19 heavy (non-hydrogen) atoms. The van der Waals surface area contributed by atoms with Gasteiger partial charge >= 0.3 is 6.18 Å². The molecule has 2 saturated heterocycles. The van der Waals surface area contributed by atoms with E-state index >= 15 is 0 Å². The van der Waals surface area contributed by atoms with E-state index in [9.17, 15) is 13.2 Å². The van der Waals surface area contributed by atoms with E-state index in [0.29, 0.717) is 12.1 Å². The number of nitrogens with zero attached hydrogens (tertiary/aromatic N) is 2. The second kappa shape index (κ2) is 4.37. The van der Waals surface area contributed by atoms with Crippen molar-refractivity contribution in [3.8, 4) is 0 Å². The van der Waals surface area contributed by atoms with Crippen molar-refractivity contribution in [3.05, 3.63) is 24.0 Å². The van der Waals surface area contributed by atoms with Crippen molar-refractivity contribution in [2.24, 2.45) is 5.73 Å². The lowest BCUT2D eigenvalue weighted by Gasteiger charge is -2.39. The smallest absolute Gasteiger partial charge is 0.364 e. The summed E-state index contributed by atoms with van der Waals surface area (Å²) in [5, 5.41) is 0. The molecule has 104 valence electrons. The molecule has 6 heteroatoms. The van der Waals surface area contributed by atoms with E-state index in [-0.39, 0.29) is 6.04 Å². The van der Waals surface area contributed by atoms with Gasteiger partial charge in [0.25, 0.3) is 0 Å². The number of fused-ring (bicyclic) bond motifs is 2. The van der Waals surface area contributed by atoms with Crippen molar-refractivity contribution in [1.82, 2.24) is 4.98 Å². The summed E-state index contributed by atoms with van der Waals surface area (Å²) >= 11 is 0. The van der Waals surface area contributed by atoms with Crippen LogP contribution in [0.2, 0.25) is 0 Å². The molecule has 3 nitrogen and oxygen atoms in total. The van der Waals surface area contributed by atoms with Crippen LogP contribution in [0, 0.1) is 0 Å². The number of piperidine rings is 1. The Morgan fingerprint density at radius 1 is 1.16 bits per heavy atom. The first kappa shape index (κ1) is 12.7. The third kappa shape index (κ3) is 2.29. The zero-order valence-corrected chi connectivity index (χ0v) is 10.4. The molecule has 1 aromatic heterocycles. The molecule has 0 aromatic carbocycles. The fourth-order valence-electron chi connectivity index (χ4n) is 3.35. The maximum Gasteiger partial charge on any atom is 0.433 e. The number of rotatable bonds is 1. The molecule has 3 rings (SSSR count). The van der Waals surface area contributed by atoms with Crippen LogP contribution in [0.3, 0.4) is 0 Å². The topological polar surface area (TPSA) is 42.1 Å². The van der Waals surface area contributed by atoms with E-state index in [2.05, 4.69) is 9.88 Å². The summed E-state index contributed by atoms with van der Waals surface area (Å²) < 4.78 is 37.5. The van der Waals surface area contributed by atoms with Gasteiger partial charge in [0.1, 0.15) is 5.69 Å². The Balaban J connectivity index is 1.84. The van der Waals surface area contributed by atoms with Gasteiger partial charge in [0.2, 0.25) is 0 Å². The molecule has 0 saturated carbocycles. The number of alkyl halides is 3. The lowest BCUT2D eigenvalue weighted by atomic mass is 9.97. The number of hydrogen-bond acceptors (Lipinski definition) is 3. The molecule has 0 spiro atoms. The van der Waals surface area contributed by atoms with Gasteiger partial charge in [-0.05, 0) is 37.8 Å². The molecule has 0 radical (unpaired) electrons. The zero-order chi connectivity index (χ0) is 13.6. The molecule has 2 bridgehead atoms. The van der Waals surface area contributed by atoms with E-state index in [1.165, 1.54) is 12.3 Å². The highest BCUT2D eigenvalue weighted by molar-refractivity contribution is 5.49. The standard InChI is InChI=1S/C13H16F3N3/c14-13(15,16)12-4-3-11(7-18-12)19-9-1-2-10(19)6-8(17)5-9/h3-4,7-10H,1-2,5-6,17H2. The third-order valence-corrected chi connectivity index (χ3v) is 4.11. The van der Waals surface area contributed by atoms with Gasteiger partial charge in [0, 0.05) is 18.1 Å². The highest BCUT2D eigenvalue weighted by Gasteiger charge is 2.40. The van der Waals surface area contributed by atoms with E-state index < -0.39 is 11.9 Å². The van der Waals surface area contributed by atoms with Crippen molar-refractivity contribution >= 4 is 5.69 Å². The summed E-state index contributed by atoms with van der Waals surface area (Å²) in [5.41, 5.74) is 5.93. The predicted molar refractivity (Wildman–Crippen MR) is 65.7 cm³/mol. The summed E-state index contributed by atoms with van der Waals surface area (Å²) in [6.45, 7) is 0. The minimum Gasteiger partial charge on any atom is -0.364 e. The Bertz CT molecular complexity index is 443. The average molecular weight is 271 g/mol. The minimum absolute atomic E-state index is 0.219. The van der Waals surface area contributed by atoms with Crippen LogP contribution >= 0.6 is 0 Å². The second-order valence-electron chi connectivity index (χ2n) is 5.42. The number of hydrogen-bond donors (Lipinski definition) is 1. The van der Waals surface area contributed by atoms with Crippen LogP contribution in [-0.4, -0.2) is 23.1 Å².